The molecule has 0 unspecified atom stereocenters. The summed E-state index contributed by atoms with van der Waals surface area (Å²) in [7, 11) is -0.900. The number of carbonyl (C=O) groups excluding carboxylic acids is 2. The topological polar surface area (TPSA) is 77.3 Å². The summed E-state index contributed by atoms with van der Waals surface area (Å²) >= 11 is 0. The molecule has 0 aliphatic rings. The minimum absolute atomic E-state index is 0.389. The summed E-state index contributed by atoms with van der Waals surface area (Å²) in [4.78, 5) is 22.4. The molecule has 102 valence electrons. The molecule has 1 aromatic rings. The fourth-order valence-corrected chi connectivity index (χ4v) is 1.87. The van der Waals surface area contributed by atoms with Gasteiger partial charge >= 0.3 is 12.2 Å². The first-order chi connectivity index (χ1) is 9.13. The van der Waals surface area contributed by atoms with E-state index in [1.807, 2.05) is 13.0 Å². The summed E-state index contributed by atoms with van der Waals surface area (Å²) in [5.41, 5.74) is 0.795. The first-order valence-electron chi connectivity index (χ1n) is 5.99. The van der Waals surface area contributed by atoms with Gasteiger partial charge in [-0.25, -0.2) is 9.59 Å². The minimum Gasteiger partial charge on any atom is -0.507 e. The monoisotopic (exact) mass is 280 g/mol. The molecule has 7 heteroatoms. The van der Waals surface area contributed by atoms with Gasteiger partial charge in [0.2, 0.25) is 9.76 Å². The quantitative estimate of drug-likeness (QED) is 0.482. The van der Waals surface area contributed by atoms with Crippen molar-refractivity contribution in [3.63, 3.8) is 0 Å². The molecular formula is C12H16N2O4Si. The molecule has 0 bridgehead atoms. The van der Waals surface area contributed by atoms with Crippen molar-refractivity contribution in [1.82, 2.24) is 0 Å². The molecule has 19 heavy (non-hydrogen) atoms. The van der Waals surface area contributed by atoms with E-state index in [2.05, 4.69) is 10.2 Å². The highest BCUT2D eigenvalue weighted by atomic mass is 28.2. The molecule has 0 aliphatic heterocycles. The number of carbonyl (C=O) groups is 2. The van der Waals surface area contributed by atoms with Crippen LogP contribution >= 0.6 is 0 Å². The van der Waals surface area contributed by atoms with Crippen LogP contribution in [0.4, 0.5) is 9.59 Å². The Balaban J connectivity index is 2.43. The van der Waals surface area contributed by atoms with Crippen LogP contribution in [0.1, 0.15) is 18.9 Å². The summed E-state index contributed by atoms with van der Waals surface area (Å²) < 4.78 is 9.76. The van der Waals surface area contributed by atoms with Crippen LogP contribution in [0.15, 0.2) is 34.5 Å². The number of nitrogens with zero attached hydrogens (tertiary/aromatic N) is 2. The van der Waals surface area contributed by atoms with Gasteiger partial charge in [0, 0.05) is 0 Å². The molecule has 0 fully saturated rings. The van der Waals surface area contributed by atoms with Gasteiger partial charge in [0.05, 0.1) is 0 Å². The molecule has 1 aromatic carbocycles. The van der Waals surface area contributed by atoms with Crippen molar-refractivity contribution in [1.29, 1.82) is 0 Å². The van der Waals surface area contributed by atoms with Crippen molar-refractivity contribution in [2.75, 3.05) is 0 Å². The second-order valence-electron chi connectivity index (χ2n) is 3.80. The number of benzene rings is 1. The molecule has 0 aromatic heterocycles. The van der Waals surface area contributed by atoms with E-state index in [-0.39, 0.29) is 0 Å². The van der Waals surface area contributed by atoms with Gasteiger partial charge in [-0.05, 0) is 24.6 Å². The molecule has 0 atom stereocenters. The van der Waals surface area contributed by atoms with Crippen LogP contribution in [-0.4, -0.2) is 21.9 Å². The number of rotatable bonds is 4. The van der Waals surface area contributed by atoms with E-state index in [4.69, 9.17) is 9.16 Å². The first kappa shape index (κ1) is 15.0. The van der Waals surface area contributed by atoms with E-state index in [9.17, 15) is 9.59 Å². The van der Waals surface area contributed by atoms with Gasteiger partial charge < -0.3 is 9.16 Å². The molecule has 1 rings (SSSR count). The Morgan fingerprint density at radius 2 is 1.89 bits per heavy atom. The number of ether oxygens (including phenoxy) is 1. The lowest BCUT2D eigenvalue weighted by molar-refractivity contribution is 0.201. The van der Waals surface area contributed by atoms with Gasteiger partial charge in [-0.3, -0.25) is 0 Å². The van der Waals surface area contributed by atoms with Gasteiger partial charge in [-0.1, -0.05) is 41.8 Å². The Morgan fingerprint density at radius 3 is 2.58 bits per heavy atom. The van der Waals surface area contributed by atoms with Crippen LogP contribution in [0.2, 0.25) is 6.04 Å². The molecular weight excluding hydrogens is 264 g/mol. The molecule has 0 spiro atoms. The van der Waals surface area contributed by atoms with Crippen LogP contribution in [0.25, 0.3) is 0 Å². The van der Waals surface area contributed by atoms with E-state index in [1.165, 1.54) is 0 Å². The number of aryl methyl sites for hydroxylation is 1. The zero-order valence-corrected chi connectivity index (χ0v) is 12.4. The Hall–Kier alpha value is -2.02. The molecule has 2 amide bonds. The van der Waals surface area contributed by atoms with E-state index in [1.54, 1.807) is 25.1 Å². The molecule has 0 radical (unpaired) electrons. The second-order valence-corrected chi connectivity index (χ2v) is 5.21. The van der Waals surface area contributed by atoms with E-state index in [0.717, 1.165) is 18.0 Å². The number of hydrogen-bond acceptors (Lipinski definition) is 4. The van der Waals surface area contributed by atoms with Gasteiger partial charge in [-0.2, -0.15) is 0 Å². The van der Waals surface area contributed by atoms with Crippen molar-refractivity contribution < 1.29 is 18.8 Å². The van der Waals surface area contributed by atoms with Crippen molar-refractivity contribution in [2.45, 2.75) is 26.3 Å². The molecule has 0 aliphatic carbocycles. The lowest BCUT2D eigenvalue weighted by Gasteiger charge is -2.02. The third-order valence-electron chi connectivity index (χ3n) is 2.23. The standard InChI is InChI=1S/C12H16N2O4Si/c1-3-8-19-18-12(16)14-13-11(15)17-10-7-5-4-6-9(10)2/h4-7H,3,8,19H2,1-2H3. The van der Waals surface area contributed by atoms with Crippen molar-refractivity contribution >= 4 is 21.9 Å². The van der Waals surface area contributed by atoms with Crippen molar-refractivity contribution in [2.24, 2.45) is 10.2 Å². The maximum atomic E-state index is 11.3. The van der Waals surface area contributed by atoms with Gasteiger partial charge in [0.15, 0.2) is 0 Å². The highest BCUT2D eigenvalue weighted by Gasteiger charge is 2.06. The predicted octanol–water partition coefficient (Wildman–Crippen LogP) is 2.99. The Bertz CT molecular complexity index is 477. The fraction of sp³-hybridized carbons (Fsp3) is 0.333. The highest BCUT2D eigenvalue weighted by Crippen LogP contribution is 2.16. The van der Waals surface area contributed by atoms with Gasteiger partial charge in [-0.15, -0.1) is 0 Å². The maximum Gasteiger partial charge on any atom is 0.458 e. The summed E-state index contributed by atoms with van der Waals surface area (Å²) in [6, 6.07) is 7.87. The average Bonchev–Trinajstić information content (AvgIpc) is 2.39. The van der Waals surface area contributed by atoms with E-state index >= 15 is 0 Å². The molecule has 0 N–H and O–H groups in total. The molecule has 0 saturated heterocycles. The largest absolute Gasteiger partial charge is 0.507 e. The first-order valence-corrected chi connectivity index (χ1v) is 7.57. The summed E-state index contributed by atoms with van der Waals surface area (Å²) in [6.45, 7) is 3.80. The SMILES string of the molecule is CCC[SiH2]OC(=O)N=NC(=O)Oc1ccccc1C. The van der Waals surface area contributed by atoms with Gasteiger partial charge in [0.1, 0.15) is 5.75 Å². The van der Waals surface area contributed by atoms with Gasteiger partial charge in [0.25, 0.3) is 0 Å². The lowest BCUT2D eigenvalue weighted by atomic mass is 10.2. The third kappa shape index (κ3) is 5.91. The minimum atomic E-state index is -0.941. The van der Waals surface area contributed by atoms with Crippen LogP contribution < -0.4 is 4.74 Å². The Kier molecular flexibility index (Phi) is 6.45. The molecule has 0 heterocycles. The van der Waals surface area contributed by atoms with Crippen LogP contribution in [-0.2, 0) is 4.43 Å². The van der Waals surface area contributed by atoms with E-state index in [0.29, 0.717) is 5.75 Å². The van der Waals surface area contributed by atoms with Crippen LogP contribution in [0.5, 0.6) is 5.75 Å². The van der Waals surface area contributed by atoms with Crippen molar-refractivity contribution in [3.8, 4) is 5.75 Å². The zero-order valence-electron chi connectivity index (χ0n) is 11.0. The number of azo groups is 1. The number of hydrogen-bond donors (Lipinski definition) is 0. The molecule has 0 saturated carbocycles. The maximum absolute atomic E-state index is 11.3. The smallest absolute Gasteiger partial charge is 0.458 e. The number of para-hydroxylation sites is 1. The van der Waals surface area contributed by atoms with E-state index < -0.39 is 21.9 Å². The Morgan fingerprint density at radius 1 is 1.21 bits per heavy atom. The predicted molar refractivity (Wildman–Crippen MR) is 72.2 cm³/mol. The second kappa shape index (κ2) is 8.14. The Labute approximate surface area is 113 Å². The fourth-order valence-electron chi connectivity index (χ4n) is 1.20. The lowest BCUT2D eigenvalue weighted by Crippen LogP contribution is -2.06. The summed E-state index contributed by atoms with van der Waals surface area (Å²) in [5.74, 6) is 0.389. The van der Waals surface area contributed by atoms with Crippen LogP contribution in [0, 0.1) is 6.92 Å². The van der Waals surface area contributed by atoms with Crippen molar-refractivity contribution in [3.05, 3.63) is 29.8 Å². The number of amides is 2. The summed E-state index contributed by atoms with van der Waals surface area (Å²) in [6.07, 6.45) is -0.809. The normalized spacial score (nSPS) is 11.1. The van der Waals surface area contributed by atoms with Crippen LogP contribution in [0.3, 0.4) is 0 Å². The zero-order chi connectivity index (χ0) is 14.1. The third-order valence-corrected chi connectivity index (χ3v) is 3.67. The molecule has 6 nitrogen and oxygen atoms in total. The average molecular weight is 280 g/mol. The highest BCUT2D eigenvalue weighted by molar-refractivity contribution is 6.30. The summed E-state index contributed by atoms with van der Waals surface area (Å²) in [5, 5.41) is 6.30.